The Kier molecular flexibility index (Phi) is 35.2. The smallest absolute Gasteiger partial charge is 0.0409 e. The van der Waals surface area contributed by atoms with Gasteiger partial charge < -0.3 is 0 Å². The molecule has 0 N–H and O–H groups in total. The molecule has 48 heavy (non-hydrogen) atoms. The van der Waals surface area contributed by atoms with Crippen molar-refractivity contribution in [2.45, 2.75) is 271 Å². The molecule has 1 rings (SSSR count). The summed E-state index contributed by atoms with van der Waals surface area (Å²) < 4.78 is 0. The first kappa shape index (κ1) is 45.2. The van der Waals surface area contributed by atoms with Gasteiger partial charge in [-0.3, -0.25) is 4.98 Å². The fourth-order valence-corrected chi connectivity index (χ4v) is 7.59. The van der Waals surface area contributed by atoms with Gasteiger partial charge in [-0.1, -0.05) is 239 Å². The van der Waals surface area contributed by atoms with Crippen molar-refractivity contribution >= 4 is 0 Å². The van der Waals surface area contributed by atoms with Gasteiger partial charge in [0.25, 0.3) is 0 Å². The maximum Gasteiger partial charge on any atom is 0.0409 e. The van der Waals surface area contributed by atoms with Crippen LogP contribution in [0.5, 0.6) is 0 Å². The summed E-state index contributed by atoms with van der Waals surface area (Å²) in [5, 5.41) is 0. The lowest BCUT2D eigenvalue weighted by Crippen LogP contribution is -1.99. The third kappa shape index (κ3) is 31.2. The zero-order valence-electron chi connectivity index (χ0n) is 33.7. The summed E-state index contributed by atoms with van der Waals surface area (Å²) in [6.45, 7) is 6.92. The first-order chi connectivity index (χ1) is 23.8. The van der Waals surface area contributed by atoms with E-state index in [-0.39, 0.29) is 0 Å². The average Bonchev–Trinajstić information content (AvgIpc) is 3.10. The van der Waals surface area contributed by atoms with Crippen LogP contribution in [0.2, 0.25) is 0 Å². The third-order valence-electron chi connectivity index (χ3n) is 11.0. The maximum absolute atomic E-state index is 5.11. The van der Waals surface area contributed by atoms with Crippen LogP contribution in [0.15, 0.2) is 12.1 Å². The fourth-order valence-electron chi connectivity index (χ4n) is 7.59. The van der Waals surface area contributed by atoms with Gasteiger partial charge in [0, 0.05) is 11.4 Å². The van der Waals surface area contributed by atoms with Crippen LogP contribution in [-0.2, 0) is 19.3 Å². The van der Waals surface area contributed by atoms with E-state index in [0.29, 0.717) is 0 Å². The Morgan fingerprint density at radius 2 is 0.500 bits per heavy atom. The Balaban J connectivity index is 1.93. The summed E-state index contributed by atoms with van der Waals surface area (Å²) in [7, 11) is 0. The van der Waals surface area contributed by atoms with Gasteiger partial charge in [-0.15, -0.1) is 0 Å². The minimum Gasteiger partial charge on any atom is -0.258 e. The van der Waals surface area contributed by atoms with E-state index in [1.165, 1.54) is 261 Å². The number of rotatable bonds is 39. The quantitative estimate of drug-likeness (QED) is 0.0637. The van der Waals surface area contributed by atoms with Gasteiger partial charge in [0.15, 0.2) is 0 Å². The molecule has 0 atom stereocenters. The van der Waals surface area contributed by atoms with E-state index in [4.69, 9.17) is 4.98 Å². The molecule has 0 fully saturated rings. The van der Waals surface area contributed by atoms with Crippen LogP contribution in [0, 0.1) is 0 Å². The molecule has 0 spiro atoms. The van der Waals surface area contributed by atoms with Gasteiger partial charge in [-0.05, 0) is 49.8 Å². The van der Waals surface area contributed by atoms with Crippen LogP contribution in [0.3, 0.4) is 0 Å². The van der Waals surface area contributed by atoms with Crippen molar-refractivity contribution in [2.24, 2.45) is 0 Å². The molecule has 0 radical (unpaired) electrons. The van der Waals surface area contributed by atoms with Gasteiger partial charge in [0.2, 0.25) is 0 Å². The monoisotopic (exact) mass is 668 g/mol. The largest absolute Gasteiger partial charge is 0.258 e. The van der Waals surface area contributed by atoms with Crippen molar-refractivity contribution in [1.82, 2.24) is 4.98 Å². The molecule has 0 aromatic carbocycles. The normalized spacial score (nSPS) is 11.6. The summed E-state index contributed by atoms with van der Waals surface area (Å²) in [6.07, 6.45) is 55.5. The highest BCUT2D eigenvalue weighted by atomic mass is 14.7. The maximum atomic E-state index is 5.11. The topological polar surface area (TPSA) is 12.9 Å². The molecule has 1 heteroatoms. The molecule has 0 saturated heterocycles. The molecule has 0 aliphatic carbocycles. The molecule has 0 aliphatic heterocycles. The molecule has 0 amide bonds. The van der Waals surface area contributed by atoms with Crippen molar-refractivity contribution in [3.05, 3.63) is 29.1 Å². The lowest BCUT2D eigenvalue weighted by atomic mass is 10.0. The van der Waals surface area contributed by atoms with Gasteiger partial charge >= 0.3 is 0 Å². The highest BCUT2D eigenvalue weighted by molar-refractivity contribution is 5.22. The number of hydrogen-bond acceptors (Lipinski definition) is 1. The Hall–Kier alpha value is -0.850. The molecular weight excluding hydrogens is 579 g/mol. The summed E-state index contributed by atoms with van der Waals surface area (Å²) >= 11 is 0. The first-order valence-electron chi connectivity index (χ1n) is 22.8. The molecule has 1 aromatic heterocycles. The number of unbranched alkanes of at least 4 members (excludes halogenated alkanes) is 34. The van der Waals surface area contributed by atoms with Gasteiger partial charge in [0.05, 0.1) is 0 Å². The Morgan fingerprint density at radius 3 is 0.708 bits per heavy atom. The molecule has 1 heterocycles. The molecular formula is C47H89N. The van der Waals surface area contributed by atoms with Gasteiger partial charge in [0.1, 0.15) is 0 Å². The summed E-state index contributed by atoms with van der Waals surface area (Å²) in [4.78, 5) is 5.11. The summed E-state index contributed by atoms with van der Waals surface area (Å²) in [5.41, 5.74) is 4.23. The predicted molar refractivity (Wildman–Crippen MR) is 219 cm³/mol. The average molecular weight is 668 g/mol. The number of hydrogen-bond donors (Lipinski definition) is 0. The van der Waals surface area contributed by atoms with Crippen LogP contribution in [0.4, 0.5) is 0 Å². The van der Waals surface area contributed by atoms with Crippen LogP contribution < -0.4 is 0 Å². The molecule has 0 bridgehead atoms. The van der Waals surface area contributed by atoms with E-state index in [0.717, 1.165) is 6.42 Å². The van der Waals surface area contributed by atoms with E-state index in [2.05, 4.69) is 32.9 Å². The molecule has 0 unspecified atom stereocenters. The Morgan fingerprint density at radius 1 is 0.292 bits per heavy atom. The molecule has 1 aromatic rings. The van der Waals surface area contributed by atoms with E-state index in [1.54, 1.807) is 0 Å². The minimum atomic E-state index is 1.14. The highest BCUT2D eigenvalue weighted by Crippen LogP contribution is 2.18. The second kappa shape index (κ2) is 37.4. The standard InChI is InChI=1S/C47H89N/c1-4-7-9-11-13-15-17-19-21-23-25-27-29-31-33-35-37-39-41-46-43-45(6-3)44-47(48-46)42-40-38-36-34-32-30-28-26-24-22-20-18-16-14-12-10-8-5-2/h43-44H,4-42H2,1-3H3. The number of aryl methyl sites for hydroxylation is 3. The van der Waals surface area contributed by atoms with E-state index >= 15 is 0 Å². The van der Waals surface area contributed by atoms with Crippen molar-refractivity contribution in [2.75, 3.05) is 0 Å². The van der Waals surface area contributed by atoms with Crippen LogP contribution >= 0.6 is 0 Å². The SMILES string of the molecule is CCCCCCCCCCCCCCCCCCCCc1cc(CC)cc(CCCCCCCCCCCCCCCCCCCC)n1. The molecule has 0 saturated carbocycles. The minimum absolute atomic E-state index is 1.14. The number of pyridine rings is 1. The Bertz CT molecular complexity index is 695. The fraction of sp³-hybridized carbons (Fsp3) is 0.894. The molecule has 1 nitrogen and oxygen atoms in total. The van der Waals surface area contributed by atoms with Crippen molar-refractivity contribution in [1.29, 1.82) is 0 Å². The van der Waals surface area contributed by atoms with Gasteiger partial charge in [-0.2, -0.15) is 0 Å². The molecule has 282 valence electrons. The second-order valence-corrected chi connectivity index (χ2v) is 15.8. The Labute approximate surface area is 304 Å². The number of aromatic nitrogens is 1. The van der Waals surface area contributed by atoms with Crippen LogP contribution in [0.25, 0.3) is 0 Å². The molecule has 0 aliphatic rings. The summed E-state index contributed by atoms with van der Waals surface area (Å²) in [6, 6.07) is 4.79. The van der Waals surface area contributed by atoms with Gasteiger partial charge in [-0.25, -0.2) is 0 Å². The van der Waals surface area contributed by atoms with Crippen molar-refractivity contribution in [3.63, 3.8) is 0 Å². The zero-order chi connectivity index (χ0) is 34.4. The van der Waals surface area contributed by atoms with E-state index in [9.17, 15) is 0 Å². The zero-order valence-corrected chi connectivity index (χ0v) is 33.7. The lowest BCUT2D eigenvalue weighted by molar-refractivity contribution is 0.524. The number of nitrogens with zero attached hydrogens (tertiary/aromatic N) is 1. The van der Waals surface area contributed by atoms with Crippen molar-refractivity contribution < 1.29 is 0 Å². The lowest BCUT2D eigenvalue weighted by Gasteiger charge is -2.09. The van der Waals surface area contributed by atoms with Crippen molar-refractivity contribution in [3.8, 4) is 0 Å². The third-order valence-corrected chi connectivity index (χ3v) is 11.0. The van der Waals surface area contributed by atoms with Crippen LogP contribution in [0.1, 0.15) is 269 Å². The van der Waals surface area contributed by atoms with Crippen LogP contribution in [-0.4, -0.2) is 4.98 Å². The second-order valence-electron chi connectivity index (χ2n) is 15.8. The first-order valence-corrected chi connectivity index (χ1v) is 22.8. The van der Waals surface area contributed by atoms with E-state index in [1.807, 2.05) is 0 Å². The predicted octanol–water partition coefficient (Wildman–Crippen LogP) is 16.8. The summed E-state index contributed by atoms with van der Waals surface area (Å²) in [5.74, 6) is 0. The van der Waals surface area contributed by atoms with E-state index < -0.39 is 0 Å². The highest BCUT2D eigenvalue weighted by Gasteiger charge is 2.04.